The second-order valence-corrected chi connectivity index (χ2v) is 11.6. The SMILES string of the molecule is Cc1ccc(C(=O)Nc2ccc(S(=O)(=O)Nc3nccs3)cc2)cc1S(=O)(=O)Nc1ccccc1. The van der Waals surface area contributed by atoms with Crippen molar-refractivity contribution >= 4 is 53.8 Å². The van der Waals surface area contributed by atoms with Crippen molar-refractivity contribution in [3.8, 4) is 0 Å². The molecule has 12 heteroatoms. The van der Waals surface area contributed by atoms with Crippen LogP contribution < -0.4 is 14.8 Å². The van der Waals surface area contributed by atoms with E-state index in [0.29, 0.717) is 16.9 Å². The molecule has 0 atom stereocenters. The molecule has 35 heavy (non-hydrogen) atoms. The van der Waals surface area contributed by atoms with Crippen LogP contribution in [-0.4, -0.2) is 27.7 Å². The average molecular weight is 529 g/mol. The van der Waals surface area contributed by atoms with E-state index in [0.717, 1.165) is 11.3 Å². The monoisotopic (exact) mass is 528 g/mol. The van der Waals surface area contributed by atoms with Crippen molar-refractivity contribution in [3.63, 3.8) is 0 Å². The van der Waals surface area contributed by atoms with Gasteiger partial charge in [0.1, 0.15) is 0 Å². The number of thiazole rings is 1. The maximum Gasteiger partial charge on any atom is 0.263 e. The first-order chi connectivity index (χ1) is 16.6. The van der Waals surface area contributed by atoms with Crippen molar-refractivity contribution in [2.45, 2.75) is 16.7 Å². The van der Waals surface area contributed by atoms with Gasteiger partial charge >= 0.3 is 0 Å². The van der Waals surface area contributed by atoms with Gasteiger partial charge in [0, 0.05) is 28.5 Å². The zero-order valence-corrected chi connectivity index (χ0v) is 20.7. The Hall–Kier alpha value is -3.74. The van der Waals surface area contributed by atoms with Gasteiger partial charge in [0.25, 0.3) is 26.0 Å². The highest BCUT2D eigenvalue weighted by atomic mass is 32.2. The molecule has 4 rings (SSSR count). The molecule has 0 unspecified atom stereocenters. The highest BCUT2D eigenvalue weighted by Crippen LogP contribution is 2.23. The van der Waals surface area contributed by atoms with E-state index >= 15 is 0 Å². The number of carbonyl (C=O) groups excluding carboxylic acids is 1. The number of para-hydroxylation sites is 1. The van der Waals surface area contributed by atoms with Crippen LogP contribution in [0.2, 0.25) is 0 Å². The van der Waals surface area contributed by atoms with E-state index in [1.807, 2.05) is 0 Å². The summed E-state index contributed by atoms with van der Waals surface area (Å²) in [6, 6.07) is 18.4. The maximum absolute atomic E-state index is 12.9. The molecule has 4 aromatic rings. The Labute approximate surface area is 207 Å². The molecule has 0 aliphatic heterocycles. The summed E-state index contributed by atoms with van der Waals surface area (Å²) in [6.45, 7) is 1.64. The molecule has 0 bridgehead atoms. The molecule has 9 nitrogen and oxygen atoms in total. The number of rotatable bonds is 8. The zero-order valence-electron chi connectivity index (χ0n) is 18.3. The molecule has 0 saturated heterocycles. The van der Waals surface area contributed by atoms with E-state index in [-0.39, 0.29) is 20.5 Å². The number of nitrogens with zero attached hydrogens (tertiary/aromatic N) is 1. The van der Waals surface area contributed by atoms with E-state index in [4.69, 9.17) is 0 Å². The fourth-order valence-electron chi connectivity index (χ4n) is 3.12. The number of amides is 1. The van der Waals surface area contributed by atoms with Crippen molar-refractivity contribution < 1.29 is 21.6 Å². The lowest BCUT2D eigenvalue weighted by molar-refractivity contribution is 0.102. The number of carbonyl (C=O) groups is 1. The molecule has 1 heterocycles. The number of nitrogens with one attached hydrogen (secondary N) is 3. The quantitative estimate of drug-likeness (QED) is 0.312. The van der Waals surface area contributed by atoms with E-state index in [2.05, 4.69) is 19.7 Å². The number of hydrogen-bond donors (Lipinski definition) is 3. The molecule has 1 amide bonds. The Kier molecular flexibility index (Phi) is 6.87. The lowest BCUT2D eigenvalue weighted by Gasteiger charge is -2.12. The molecular weight excluding hydrogens is 508 g/mol. The van der Waals surface area contributed by atoms with Crippen LogP contribution >= 0.6 is 11.3 Å². The first-order valence-electron chi connectivity index (χ1n) is 10.2. The van der Waals surface area contributed by atoms with E-state index in [1.165, 1.54) is 42.6 Å². The maximum atomic E-state index is 12.9. The summed E-state index contributed by atoms with van der Waals surface area (Å²) in [5.74, 6) is -0.544. The zero-order chi connectivity index (χ0) is 25.1. The van der Waals surface area contributed by atoms with E-state index in [1.54, 1.807) is 48.7 Å². The third kappa shape index (κ3) is 5.85. The number of anilines is 3. The number of benzene rings is 3. The number of aromatic nitrogens is 1. The number of sulfonamides is 2. The Morgan fingerprint density at radius 2 is 1.54 bits per heavy atom. The molecule has 0 aliphatic carbocycles. The van der Waals surface area contributed by atoms with Gasteiger partial charge in [-0.15, -0.1) is 11.3 Å². The van der Waals surface area contributed by atoms with Crippen LogP contribution in [0.3, 0.4) is 0 Å². The van der Waals surface area contributed by atoms with Gasteiger partial charge in [0.05, 0.1) is 9.79 Å². The largest absolute Gasteiger partial charge is 0.322 e. The molecule has 0 aliphatic rings. The summed E-state index contributed by atoms with van der Waals surface area (Å²) >= 11 is 1.15. The van der Waals surface area contributed by atoms with Crippen LogP contribution in [0.25, 0.3) is 0 Å². The van der Waals surface area contributed by atoms with Gasteiger partial charge in [-0.25, -0.2) is 21.8 Å². The minimum Gasteiger partial charge on any atom is -0.322 e. The lowest BCUT2D eigenvalue weighted by Crippen LogP contribution is -2.17. The molecule has 0 saturated carbocycles. The third-order valence-corrected chi connectivity index (χ3v) is 8.54. The van der Waals surface area contributed by atoms with Gasteiger partial charge in [0.15, 0.2) is 5.13 Å². The standard InChI is InChI=1S/C23H20N4O5S3/c1-16-7-8-17(15-21(16)35(31,32)26-19-5-3-2-4-6-19)22(28)25-18-9-11-20(12-10-18)34(29,30)27-23-24-13-14-33-23/h2-15,26H,1H3,(H,24,27)(H,25,28). The van der Waals surface area contributed by atoms with Crippen LogP contribution in [0.5, 0.6) is 0 Å². The van der Waals surface area contributed by atoms with Crippen molar-refractivity contribution in [1.82, 2.24) is 4.98 Å². The molecule has 3 N–H and O–H groups in total. The second kappa shape index (κ2) is 9.86. The fourth-order valence-corrected chi connectivity index (χ4v) is 6.23. The normalized spacial score (nSPS) is 11.6. The van der Waals surface area contributed by atoms with Crippen LogP contribution in [0, 0.1) is 6.92 Å². The topological polar surface area (TPSA) is 134 Å². The Balaban J connectivity index is 1.50. The van der Waals surface area contributed by atoms with Crippen LogP contribution in [0.4, 0.5) is 16.5 Å². The minimum atomic E-state index is -3.92. The van der Waals surface area contributed by atoms with Gasteiger partial charge in [-0.1, -0.05) is 24.3 Å². The Bertz CT molecular complexity index is 1550. The van der Waals surface area contributed by atoms with Crippen molar-refractivity contribution in [1.29, 1.82) is 0 Å². The van der Waals surface area contributed by atoms with Gasteiger partial charge in [-0.05, 0) is 61.0 Å². The van der Waals surface area contributed by atoms with E-state index < -0.39 is 26.0 Å². The molecule has 0 fully saturated rings. The van der Waals surface area contributed by atoms with Crippen molar-refractivity contribution in [3.05, 3.63) is 95.5 Å². The minimum absolute atomic E-state index is 0.00130. The molecule has 0 radical (unpaired) electrons. The molecule has 180 valence electrons. The average Bonchev–Trinajstić information content (AvgIpc) is 3.32. The van der Waals surface area contributed by atoms with Gasteiger partial charge in [-0.2, -0.15) is 0 Å². The van der Waals surface area contributed by atoms with Crippen LogP contribution in [0.1, 0.15) is 15.9 Å². The highest BCUT2D eigenvalue weighted by molar-refractivity contribution is 7.93. The summed E-state index contributed by atoms with van der Waals surface area (Å²) in [5, 5.41) is 4.54. The first kappa shape index (κ1) is 24.4. The van der Waals surface area contributed by atoms with Crippen molar-refractivity contribution in [2.75, 3.05) is 14.8 Å². The Morgan fingerprint density at radius 3 is 2.20 bits per heavy atom. The molecule has 3 aromatic carbocycles. The summed E-state index contributed by atoms with van der Waals surface area (Å²) in [5.41, 5.74) is 1.36. The predicted molar refractivity (Wildman–Crippen MR) is 136 cm³/mol. The molecular formula is C23H20N4O5S3. The van der Waals surface area contributed by atoms with Crippen LogP contribution in [0.15, 0.2) is 94.2 Å². The molecule has 0 spiro atoms. The third-order valence-electron chi connectivity index (χ3n) is 4.84. The van der Waals surface area contributed by atoms with Gasteiger partial charge in [0.2, 0.25) is 0 Å². The predicted octanol–water partition coefficient (Wildman–Crippen LogP) is 4.31. The fraction of sp³-hybridized carbons (Fsp3) is 0.0435. The summed E-state index contributed by atoms with van der Waals surface area (Å²) in [7, 11) is -7.75. The van der Waals surface area contributed by atoms with Gasteiger partial charge < -0.3 is 5.32 Å². The van der Waals surface area contributed by atoms with Crippen molar-refractivity contribution in [2.24, 2.45) is 0 Å². The summed E-state index contributed by atoms with van der Waals surface area (Å²) in [4.78, 5) is 16.7. The molecule has 1 aromatic heterocycles. The summed E-state index contributed by atoms with van der Waals surface area (Å²) in [6.07, 6.45) is 1.49. The number of hydrogen-bond acceptors (Lipinski definition) is 7. The smallest absolute Gasteiger partial charge is 0.263 e. The lowest BCUT2D eigenvalue weighted by atomic mass is 10.1. The highest BCUT2D eigenvalue weighted by Gasteiger charge is 2.20. The Morgan fingerprint density at radius 1 is 0.829 bits per heavy atom. The van der Waals surface area contributed by atoms with E-state index in [9.17, 15) is 21.6 Å². The second-order valence-electron chi connectivity index (χ2n) is 7.37. The van der Waals surface area contributed by atoms with Crippen LogP contribution in [-0.2, 0) is 20.0 Å². The van der Waals surface area contributed by atoms with Gasteiger partial charge in [-0.3, -0.25) is 14.2 Å². The number of aryl methyl sites for hydroxylation is 1. The first-order valence-corrected chi connectivity index (χ1v) is 14.0. The summed E-state index contributed by atoms with van der Waals surface area (Å²) < 4.78 is 55.6.